The first-order valence-corrected chi connectivity index (χ1v) is 6.83. The van der Waals surface area contributed by atoms with Crippen molar-refractivity contribution < 1.29 is 4.92 Å². The van der Waals surface area contributed by atoms with Gasteiger partial charge in [0.25, 0.3) is 5.69 Å². The van der Waals surface area contributed by atoms with Crippen LogP contribution in [0.1, 0.15) is 11.4 Å². The molecule has 1 aromatic heterocycles. The summed E-state index contributed by atoms with van der Waals surface area (Å²) in [6.07, 6.45) is 2.41. The summed E-state index contributed by atoms with van der Waals surface area (Å²) < 4.78 is 2.40. The number of nitro groups is 1. The third-order valence-electron chi connectivity index (χ3n) is 2.74. The molecule has 0 bridgehead atoms. The topological polar surface area (TPSA) is 85.9 Å². The largest absolute Gasteiger partial charge is 0.312 e. The third-order valence-corrected chi connectivity index (χ3v) is 3.47. The average Bonchev–Trinajstić information content (AvgIpc) is 2.81. The number of hydrogen-bond donors (Lipinski definition) is 1. The Hall–Kier alpha value is -1.80. The van der Waals surface area contributed by atoms with Crippen LogP contribution in [0.25, 0.3) is 0 Å². The van der Waals surface area contributed by atoms with Crippen molar-refractivity contribution >= 4 is 21.6 Å². The van der Waals surface area contributed by atoms with E-state index in [-0.39, 0.29) is 5.69 Å². The number of rotatable bonds is 6. The molecule has 20 heavy (non-hydrogen) atoms. The van der Waals surface area contributed by atoms with Crippen molar-refractivity contribution in [3.63, 3.8) is 0 Å². The van der Waals surface area contributed by atoms with Crippen LogP contribution in [0.3, 0.4) is 0 Å². The molecular weight excluding hydrogens is 326 g/mol. The molecule has 106 valence electrons. The van der Waals surface area contributed by atoms with Crippen LogP contribution in [0.5, 0.6) is 0 Å². The fourth-order valence-corrected chi connectivity index (χ4v) is 2.22. The Bertz CT molecular complexity index is 614. The van der Waals surface area contributed by atoms with Crippen molar-refractivity contribution in [3.05, 3.63) is 50.5 Å². The summed E-state index contributed by atoms with van der Waals surface area (Å²) in [4.78, 5) is 14.4. The molecule has 0 fully saturated rings. The number of nitrogens with zero attached hydrogens (tertiary/aromatic N) is 4. The van der Waals surface area contributed by atoms with Crippen LogP contribution in [0.2, 0.25) is 0 Å². The molecule has 0 spiro atoms. The van der Waals surface area contributed by atoms with E-state index < -0.39 is 4.92 Å². The fourth-order valence-electron chi connectivity index (χ4n) is 1.71. The molecule has 0 saturated carbocycles. The Morgan fingerprint density at radius 3 is 2.90 bits per heavy atom. The minimum Gasteiger partial charge on any atom is -0.312 e. The Morgan fingerprint density at radius 2 is 2.30 bits per heavy atom. The van der Waals surface area contributed by atoms with Crippen LogP contribution < -0.4 is 5.32 Å². The number of aromatic nitrogens is 3. The summed E-state index contributed by atoms with van der Waals surface area (Å²) in [5.74, 6) is 0.794. The van der Waals surface area contributed by atoms with Crippen LogP contribution >= 0.6 is 15.9 Å². The lowest BCUT2D eigenvalue weighted by atomic mass is 10.2. The van der Waals surface area contributed by atoms with E-state index in [2.05, 4.69) is 31.3 Å². The molecule has 0 aliphatic carbocycles. The summed E-state index contributed by atoms with van der Waals surface area (Å²) in [5.41, 5.74) is 1.06. The second-order valence-electron chi connectivity index (χ2n) is 4.29. The van der Waals surface area contributed by atoms with Gasteiger partial charge in [-0.1, -0.05) is 15.9 Å². The zero-order valence-electron chi connectivity index (χ0n) is 10.9. The molecule has 7 nitrogen and oxygen atoms in total. The van der Waals surface area contributed by atoms with Gasteiger partial charge >= 0.3 is 0 Å². The van der Waals surface area contributed by atoms with Crippen molar-refractivity contribution in [2.75, 3.05) is 6.54 Å². The van der Waals surface area contributed by atoms with Crippen LogP contribution in [-0.2, 0) is 20.0 Å². The maximum absolute atomic E-state index is 10.6. The van der Waals surface area contributed by atoms with Gasteiger partial charge in [-0.3, -0.25) is 14.8 Å². The van der Waals surface area contributed by atoms with Crippen molar-refractivity contribution in [2.24, 2.45) is 7.05 Å². The number of benzene rings is 1. The molecule has 1 aromatic carbocycles. The number of halogens is 1. The zero-order valence-corrected chi connectivity index (χ0v) is 12.5. The number of aryl methyl sites for hydroxylation is 1. The lowest BCUT2D eigenvalue weighted by Gasteiger charge is -2.05. The van der Waals surface area contributed by atoms with E-state index in [1.165, 1.54) is 12.1 Å². The monoisotopic (exact) mass is 339 g/mol. The maximum atomic E-state index is 10.6. The van der Waals surface area contributed by atoms with E-state index in [9.17, 15) is 10.1 Å². The molecule has 2 rings (SSSR count). The Balaban J connectivity index is 1.83. The average molecular weight is 340 g/mol. The second-order valence-corrected chi connectivity index (χ2v) is 5.15. The van der Waals surface area contributed by atoms with Gasteiger partial charge in [0.2, 0.25) is 0 Å². The first-order valence-electron chi connectivity index (χ1n) is 6.04. The predicted molar refractivity (Wildman–Crippen MR) is 77.2 cm³/mol. The third kappa shape index (κ3) is 3.84. The molecular formula is C12H14BrN5O2. The minimum atomic E-state index is -0.408. The Morgan fingerprint density at radius 1 is 1.50 bits per heavy atom. The molecule has 0 aliphatic rings. The number of non-ortho nitro benzene ring substituents is 1. The molecule has 0 unspecified atom stereocenters. The van der Waals surface area contributed by atoms with E-state index >= 15 is 0 Å². The van der Waals surface area contributed by atoms with Crippen molar-refractivity contribution in [1.82, 2.24) is 20.1 Å². The Kier molecular flexibility index (Phi) is 4.80. The van der Waals surface area contributed by atoms with E-state index in [1.807, 2.05) is 7.05 Å². The van der Waals surface area contributed by atoms with Crippen LogP contribution in [0.4, 0.5) is 5.69 Å². The van der Waals surface area contributed by atoms with Gasteiger partial charge in [-0.15, -0.1) is 0 Å². The van der Waals surface area contributed by atoms with Gasteiger partial charge in [0.1, 0.15) is 6.33 Å². The number of nitrogens with one attached hydrogen (secondary N) is 1. The standard InChI is InChI=1S/C12H14BrN5O2/c1-17-8-15-12(16-17)4-5-14-7-9-2-3-10(18(19)20)6-11(9)13/h2-3,6,8,14H,4-5,7H2,1H3. The van der Waals surface area contributed by atoms with Crippen molar-refractivity contribution in [1.29, 1.82) is 0 Å². The molecule has 0 atom stereocenters. The highest BCUT2D eigenvalue weighted by molar-refractivity contribution is 9.10. The molecule has 2 aromatic rings. The summed E-state index contributed by atoms with van der Waals surface area (Å²) in [6.45, 7) is 1.37. The van der Waals surface area contributed by atoms with Gasteiger partial charge < -0.3 is 5.32 Å². The first-order chi connectivity index (χ1) is 9.56. The quantitative estimate of drug-likeness (QED) is 0.492. The van der Waals surface area contributed by atoms with Gasteiger partial charge in [-0.05, 0) is 11.6 Å². The molecule has 1 heterocycles. The molecule has 0 aliphatic heterocycles. The first kappa shape index (κ1) is 14.6. The lowest BCUT2D eigenvalue weighted by molar-refractivity contribution is -0.384. The van der Waals surface area contributed by atoms with Gasteiger partial charge in [-0.25, -0.2) is 4.98 Å². The van der Waals surface area contributed by atoms with Gasteiger partial charge in [-0.2, -0.15) is 5.10 Å². The van der Waals surface area contributed by atoms with Crippen LogP contribution in [0, 0.1) is 10.1 Å². The highest BCUT2D eigenvalue weighted by Gasteiger charge is 2.08. The normalized spacial score (nSPS) is 10.7. The number of hydrogen-bond acceptors (Lipinski definition) is 5. The highest BCUT2D eigenvalue weighted by atomic mass is 79.9. The molecule has 0 radical (unpaired) electrons. The van der Waals surface area contributed by atoms with Crippen molar-refractivity contribution in [2.45, 2.75) is 13.0 Å². The van der Waals surface area contributed by atoms with E-state index in [4.69, 9.17) is 0 Å². The van der Waals surface area contributed by atoms with Gasteiger partial charge in [0.15, 0.2) is 5.82 Å². The van der Waals surface area contributed by atoms with E-state index in [1.54, 1.807) is 17.1 Å². The molecule has 0 saturated heterocycles. The summed E-state index contributed by atoms with van der Waals surface area (Å²) in [5, 5.41) is 18.1. The second kappa shape index (κ2) is 6.58. The molecule has 8 heteroatoms. The fraction of sp³-hybridized carbons (Fsp3) is 0.333. The van der Waals surface area contributed by atoms with E-state index in [0.29, 0.717) is 6.54 Å². The smallest absolute Gasteiger partial charge is 0.270 e. The maximum Gasteiger partial charge on any atom is 0.270 e. The molecule has 0 amide bonds. The summed E-state index contributed by atoms with van der Waals surface area (Å²) in [7, 11) is 1.83. The number of nitro benzene ring substituents is 1. The van der Waals surface area contributed by atoms with Crippen LogP contribution in [0.15, 0.2) is 29.0 Å². The van der Waals surface area contributed by atoms with E-state index in [0.717, 1.165) is 28.8 Å². The Labute approximate surface area is 124 Å². The lowest BCUT2D eigenvalue weighted by Crippen LogP contribution is -2.17. The SMILES string of the molecule is Cn1cnc(CCNCc2ccc([N+](=O)[O-])cc2Br)n1. The molecule has 1 N–H and O–H groups in total. The van der Waals surface area contributed by atoms with Gasteiger partial charge in [0.05, 0.1) is 4.92 Å². The summed E-state index contributed by atoms with van der Waals surface area (Å²) >= 11 is 3.34. The zero-order chi connectivity index (χ0) is 14.5. The van der Waals surface area contributed by atoms with Crippen molar-refractivity contribution in [3.8, 4) is 0 Å². The van der Waals surface area contributed by atoms with Crippen LogP contribution in [-0.4, -0.2) is 26.2 Å². The highest BCUT2D eigenvalue weighted by Crippen LogP contribution is 2.22. The van der Waals surface area contributed by atoms with Gasteiger partial charge in [0, 0.05) is 43.2 Å². The summed E-state index contributed by atoms with van der Waals surface area (Å²) in [6, 6.07) is 4.76. The predicted octanol–water partition coefficient (Wildman–Crippen LogP) is 1.82. The minimum absolute atomic E-state index is 0.0818.